The molecule has 0 spiro atoms. The number of carbonyl (C=O) groups excluding carboxylic acids is 2. The van der Waals surface area contributed by atoms with Crippen LogP contribution in [0.5, 0.6) is 0 Å². The number of aryl methyl sites for hydroxylation is 3. The van der Waals surface area contributed by atoms with Crippen molar-refractivity contribution in [2.45, 2.75) is 27.3 Å². The lowest BCUT2D eigenvalue weighted by Crippen LogP contribution is -2.29. The van der Waals surface area contributed by atoms with E-state index < -0.39 is 5.97 Å². The van der Waals surface area contributed by atoms with Gasteiger partial charge in [-0.3, -0.25) is 4.79 Å². The van der Waals surface area contributed by atoms with Crippen molar-refractivity contribution in [1.82, 2.24) is 5.32 Å². The third-order valence-corrected chi connectivity index (χ3v) is 3.94. The Balaban J connectivity index is 2.22. The number of methoxy groups -OCH3 is 1. The van der Waals surface area contributed by atoms with Gasteiger partial charge in [0.25, 0.3) is 5.91 Å². The van der Waals surface area contributed by atoms with Crippen LogP contribution in [0.15, 0.2) is 54.2 Å². The maximum Gasteiger partial charge on any atom is 0.332 e. The van der Waals surface area contributed by atoms with Crippen molar-refractivity contribution in [3.63, 3.8) is 0 Å². The molecule has 0 fully saturated rings. The first-order chi connectivity index (χ1) is 12.4. The third-order valence-electron chi connectivity index (χ3n) is 3.94. The summed E-state index contributed by atoms with van der Waals surface area (Å²) in [6, 6.07) is 13.6. The molecule has 0 bridgehead atoms. The largest absolute Gasteiger partial charge is 0.466 e. The van der Waals surface area contributed by atoms with Gasteiger partial charge in [-0.25, -0.2) is 4.79 Å². The number of hydrogen-bond donors (Lipinski definition) is 2. The Morgan fingerprint density at radius 1 is 1.04 bits per heavy atom. The molecule has 0 aliphatic carbocycles. The summed E-state index contributed by atoms with van der Waals surface area (Å²) in [5.41, 5.74) is 5.05. The first-order valence-electron chi connectivity index (χ1n) is 8.37. The minimum atomic E-state index is -0.593. The van der Waals surface area contributed by atoms with E-state index in [2.05, 4.69) is 15.4 Å². The van der Waals surface area contributed by atoms with Crippen LogP contribution in [0, 0.1) is 20.8 Å². The number of anilines is 1. The third kappa shape index (κ3) is 5.21. The highest BCUT2D eigenvalue weighted by Gasteiger charge is 2.15. The maximum absolute atomic E-state index is 12.6. The second-order valence-corrected chi connectivity index (χ2v) is 6.15. The molecule has 0 aliphatic heterocycles. The van der Waals surface area contributed by atoms with Crippen molar-refractivity contribution in [1.29, 1.82) is 0 Å². The zero-order valence-electron chi connectivity index (χ0n) is 15.6. The van der Waals surface area contributed by atoms with Crippen molar-refractivity contribution < 1.29 is 14.3 Å². The Bertz CT molecular complexity index is 803. The Morgan fingerprint density at radius 3 is 2.23 bits per heavy atom. The summed E-state index contributed by atoms with van der Waals surface area (Å²) in [7, 11) is 1.28. The highest BCUT2D eigenvalue weighted by molar-refractivity contribution is 6.02. The predicted octanol–water partition coefficient (Wildman–Crippen LogP) is 3.40. The molecule has 136 valence electrons. The van der Waals surface area contributed by atoms with Crippen LogP contribution in [0.2, 0.25) is 0 Å². The van der Waals surface area contributed by atoms with Crippen LogP contribution in [-0.2, 0) is 20.9 Å². The minimum absolute atomic E-state index is 0.142. The van der Waals surface area contributed by atoms with E-state index in [4.69, 9.17) is 0 Å². The van der Waals surface area contributed by atoms with E-state index in [1.165, 1.54) is 13.2 Å². The summed E-state index contributed by atoms with van der Waals surface area (Å²) in [6.45, 7) is 6.30. The molecule has 0 heterocycles. The van der Waals surface area contributed by atoms with Crippen molar-refractivity contribution >= 4 is 17.6 Å². The maximum atomic E-state index is 12.6. The van der Waals surface area contributed by atoms with E-state index in [1.54, 1.807) is 0 Å². The van der Waals surface area contributed by atoms with Crippen molar-refractivity contribution in [3.8, 4) is 0 Å². The van der Waals surface area contributed by atoms with Gasteiger partial charge in [-0.05, 0) is 37.5 Å². The molecule has 2 aromatic rings. The van der Waals surface area contributed by atoms with Crippen LogP contribution in [0.3, 0.4) is 0 Å². The van der Waals surface area contributed by atoms with E-state index >= 15 is 0 Å². The summed E-state index contributed by atoms with van der Waals surface area (Å²) < 4.78 is 4.68. The van der Waals surface area contributed by atoms with Crippen LogP contribution >= 0.6 is 0 Å². The quantitative estimate of drug-likeness (QED) is 0.618. The SMILES string of the molecule is COC(=O)/C=C(\Nc1c(C)cc(C)cc1C)C(=O)NCc1ccccc1. The van der Waals surface area contributed by atoms with E-state index in [9.17, 15) is 9.59 Å². The average Bonchev–Trinajstić information content (AvgIpc) is 2.62. The first-order valence-corrected chi connectivity index (χ1v) is 8.37. The summed E-state index contributed by atoms with van der Waals surface area (Å²) in [5, 5.41) is 5.91. The highest BCUT2D eigenvalue weighted by atomic mass is 16.5. The highest BCUT2D eigenvalue weighted by Crippen LogP contribution is 2.23. The number of ether oxygens (including phenoxy) is 1. The molecule has 0 radical (unpaired) electrons. The smallest absolute Gasteiger partial charge is 0.332 e. The van der Waals surface area contributed by atoms with Gasteiger partial charge in [-0.15, -0.1) is 0 Å². The number of benzene rings is 2. The van der Waals surface area contributed by atoms with Crippen molar-refractivity contribution in [3.05, 3.63) is 76.5 Å². The molecule has 2 aromatic carbocycles. The summed E-state index contributed by atoms with van der Waals surface area (Å²) in [5.74, 6) is -0.969. The number of amides is 1. The van der Waals surface area contributed by atoms with E-state index in [-0.39, 0.29) is 11.6 Å². The Labute approximate surface area is 154 Å². The summed E-state index contributed by atoms with van der Waals surface area (Å²) in [6.07, 6.45) is 1.17. The van der Waals surface area contributed by atoms with Gasteiger partial charge in [0.2, 0.25) is 0 Å². The lowest BCUT2D eigenvalue weighted by molar-refractivity contribution is -0.135. The summed E-state index contributed by atoms with van der Waals surface area (Å²) >= 11 is 0. The summed E-state index contributed by atoms with van der Waals surface area (Å²) in [4.78, 5) is 24.3. The fourth-order valence-corrected chi connectivity index (χ4v) is 2.72. The Morgan fingerprint density at radius 2 is 1.65 bits per heavy atom. The molecular weight excluding hydrogens is 328 g/mol. The number of nitrogens with one attached hydrogen (secondary N) is 2. The predicted molar refractivity (Wildman–Crippen MR) is 103 cm³/mol. The average molecular weight is 352 g/mol. The van der Waals surface area contributed by atoms with Gasteiger partial charge >= 0.3 is 5.97 Å². The monoisotopic (exact) mass is 352 g/mol. The molecule has 5 nitrogen and oxygen atoms in total. The van der Waals surface area contributed by atoms with Gasteiger partial charge in [0.15, 0.2) is 0 Å². The number of hydrogen-bond acceptors (Lipinski definition) is 4. The lowest BCUT2D eigenvalue weighted by atomic mass is 10.0. The molecule has 0 unspecified atom stereocenters. The molecule has 0 atom stereocenters. The van der Waals surface area contributed by atoms with Gasteiger partial charge in [0, 0.05) is 12.2 Å². The molecule has 2 N–H and O–H groups in total. The molecule has 0 aromatic heterocycles. The second-order valence-electron chi connectivity index (χ2n) is 6.15. The van der Waals surface area contributed by atoms with Crippen LogP contribution < -0.4 is 10.6 Å². The van der Waals surface area contributed by atoms with Gasteiger partial charge < -0.3 is 15.4 Å². The van der Waals surface area contributed by atoms with Gasteiger partial charge in [0.05, 0.1) is 13.2 Å². The van der Waals surface area contributed by atoms with Crippen molar-refractivity contribution in [2.24, 2.45) is 0 Å². The Kier molecular flexibility index (Phi) is 6.55. The molecule has 0 saturated carbocycles. The number of esters is 1. The van der Waals surface area contributed by atoms with Crippen molar-refractivity contribution in [2.75, 3.05) is 12.4 Å². The topological polar surface area (TPSA) is 67.4 Å². The molecular formula is C21H24N2O3. The molecule has 2 rings (SSSR count). The van der Waals surface area contributed by atoms with E-state index in [1.807, 2.05) is 63.2 Å². The van der Waals surface area contributed by atoms with Crippen LogP contribution in [0.4, 0.5) is 5.69 Å². The van der Waals surface area contributed by atoms with Gasteiger partial charge in [-0.1, -0.05) is 48.0 Å². The van der Waals surface area contributed by atoms with Gasteiger partial charge in [-0.2, -0.15) is 0 Å². The molecule has 0 saturated heterocycles. The van der Waals surface area contributed by atoms with E-state index in [0.717, 1.165) is 27.9 Å². The zero-order valence-corrected chi connectivity index (χ0v) is 15.6. The minimum Gasteiger partial charge on any atom is -0.466 e. The normalized spacial score (nSPS) is 11.0. The molecule has 26 heavy (non-hydrogen) atoms. The lowest BCUT2D eigenvalue weighted by Gasteiger charge is -2.16. The van der Waals surface area contributed by atoms with Gasteiger partial charge in [0.1, 0.15) is 5.70 Å². The molecule has 5 heteroatoms. The van der Waals surface area contributed by atoms with E-state index in [0.29, 0.717) is 6.54 Å². The fraction of sp³-hybridized carbons (Fsp3) is 0.238. The fourth-order valence-electron chi connectivity index (χ4n) is 2.72. The van der Waals surface area contributed by atoms with Crippen LogP contribution in [-0.4, -0.2) is 19.0 Å². The number of carbonyl (C=O) groups is 2. The molecule has 0 aliphatic rings. The Hall–Kier alpha value is -3.08. The van der Waals surface area contributed by atoms with Crippen LogP contribution in [0.25, 0.3) is 0 Å². The first kappa shape index (κ1) is 19.2. The molecule has 1 amide bonds. The second kappa shape index (κ2) is 8.85. The zero-order chi connectivity index (χ0) is 19.1. The number of rotatable bonds is 6. The van der Waals surface area contributed by atoms with Crippen LogP contribution in [0.1, 0.15) is 22.3 Å². The standard InChI is InChI=1S/C21H24N2O3/c1-14-10-15(2)20(16(3)11-14)23-18(12-19(24)26-4)21(25)22-13-17-8-6-5-7-9-17/h5-12,23H,13H2,1-4H3,(H,22,25)/b18-12-.